The van der Waals surface area contributed by atoms with Crippen molar-refractivity contribution in [1.82, 2.24) is 5.32 Å². The van der Waals surface area contributed by atoms with Gasteiger partial charge in [0.25, 0.3) is 0 Å². The number of nitrogens with one attached hydrogen (secondary N) is 1. The van der Waals surface area contributed by atoms with Gasteiger partial charge < -0.3 is 10.1 Å². The monoisotopic (exact) mass is 225 g/mol. The third kappa shape index (κ3) is 4.04. The second-order valence-electron chi connectivity index (χ2n) is 3.38. The van der Waals surface area contributed by atoms with Crippen LogP contribution in [-0.2, 0) is 4.74 Å². The Labute approximate surface area is 96.7 Å². The zero-order valence-electron chi connectivity index (χ0n) is 8.56. The second kappa shape index (κ2) is 6.62. The Morgan fingerprint density at radius 3 is 2.73 bits per heavy atom. The van der Waals surface area contributed by atoms with Gasteiger partial charge in [-0.3, -0.25) is 0 Å². The summed E-state index contributed by atoms with van der Waals surface area (Å²) in [5.74, 6) is 0. The number of benzene rings is 1. The first-order valence-electron chi connectivity index (χ1n) is 5.01. The molecule has 3 heteroatoms. The Morgan fingerprint density at radius 2 is 2.07 bits per heavy atom. The fraction of sp³-hybridized carbons (Fsp3) is 0.333. The Bertz CT molecular complexity index is 294. The lowest BCUT2D eigenvalue weighted by atomic mass is 10.2. The predicted molar refractivity (Wildman–Crippen MR) is 65.3 cm³/mol. The average Bonchev–Trinajstić information content (AvgIpc) is 2.29. The summed E-state index contributed by atoms with van der Waals surface area (Å²) in [6.07, 6.45) is 4.45. The van der Waals surface area contributed by atoms with E-state index in [0.717, 1.165) is 19.7 Å². The first kappa shape index (κ1) is 12.2. The number of ether oxygens (including phenoxy) is 1. The molecule has 0 aromatic heterocycles. The van der Waals surface area contributed by atoms with Gasteiger partial charge in [-0.1, -0.05) is 42.5 Å². The SMILES string of the molecule is C(=C[C@@H]1CNCCO1)c1ccccc1.Cl. The summed E-state index contributed by atoms with van der Waals surface area (Å²) >= 11 is 0. The van der Waals surface area contributed by atoms with Gasteiger partial charge in [-0.2, -0.15) is 0 Å². The van der Waals surface area contributed by atoms with Crippen LogP contribution < -0.4 is 5.32 Å². The van der Waals surface area contributed by atoms with Gasteiger partial charge in [-0.15, -0.1) is 12.4 Å². The van der Waals surface area contributed by atoms with E-state index in [1.165, 1.54) is 5.56 Å². The van der Waals surface area contributed by atoms with Crippen LogP contribution in [0.25, 0.3) is 6.08 Å². The maximum atomic E-state index is 5.55. The first-order chi connectivity index (χ1) is 6.95. The van der Waals surface area contributed by atoms with Gasteiger partial charge in [-0.25, -0.2) is 0 Å². The maximum absolute atomic E-state index is 5.55. The number of morpholine rings is 1. The molecule has 2 rings (SSSR count). The third-order valence-electron chi connectivity index (χ3n) is 2.26. The lowest BCUT2D eigenvalue weighted by molar-refractivity contribution is 0.0596. The fourth-order valence-corrected chi connectivity index (χ4v) is 1.49. The number of hydrogen-bond acceptors (Lipinski definition) is 2. The van der Waals surface area contributed by atoms with E-state index in [-0.39, 0.29) is 18.5 Å². The molecule has 0 radical (unpaired) electrons. The molecule has 2 nitrogen and oxygen atoms in total. The van der Waals surface area contributed by atoms with Crippen molar-refractivity contribution in [1.29, 1.82) is 0 Å². The minimum absolute atomic E-state index is 0. The van der Waals surface area contributed by atoms with Crippen molar-refractivity contribution >= 4 is 18.5 Å². The van der Waals surface area contributed by atoms with Crippen molar-refractivity contribution in [3.8, 4) is 0 Å². The van der Waals surface area contributed by atoms with E-state index in [9.17, 15) is 0 Å². The third-order valence-corrected chi connectivity index (χ3v) is 2.26. The van der Waals surface area contributed by atoms with E-state index >= 15 is 0 Å². The average molecular weight is 226 g/mol. The zero-order valence-corrected chi connectivity index (χ0v) is 9.37. The molecule has 0 saturated carbocycles. The van der Waals surface area contributed by atoms with Gasteiger partial charge >= 0.3 is 0 Å². The van der Waals surface area contributed by atoms with Crippen LogP contribution in [0.2, 0.25) is 0 Å². The zero-order chi connectivity index (χ0) is 9.64. The van der Waals surface area contributed by atoms with E-state index in [1.54, 1.807) is 0 Å². The van der Waals surface area contributed by atoms with E-state index < -0.39 is 0 Å². The molecule has 1 atom stereocenters. The molecule has 1 aromatic carbocycles. The molecule has 1 N–H and O–H groups in total. The highest BCUT2D eigenvalue weighted by atomic mass is 35.5. The largest absolute Gasteiger partial charge is 0.371 e. The second-order valence-corrected chi connectivity index (χ2v) is 3.38. The normalized spacial score (nSPS) is 21.2. The van der Waals surface area contributed by atoms with Crippen LogP contribution in [0.1, 0.15) is 5.56 Å². The van der Waals surface area contributed by atoms with Crippen LogP contribution in [-0.4, -0.2) is 25.8 Å². The quantitative estimate of drug-likeness (QED) is 0.833. The van der Waals surface area contributed by atoms with Crippen molar-refractivity contribution < 1.29 is 4.74 Å². The Hall–Kier alpha value is -0.830. The molecule has 1 aliphatic rings. The first-order valence-corrected chi connectivity index (χ1v) is 5.01. The molecular weight excluding hydrogens is 210 g/mol. The number of rotatable bonds is 2. The van der Waals surface area contributed by atoms with Crippen LogP contribution in [0.5, 0.6) is 0 Å². The molecule has 0 unspecified atom stereocenters. The van der Waals surface area contributed by atoms with E-state index in [2.05, 4.69) is 29.6 Å². The van der Waals surface area contributed by atoms with Gasteiger partial charge in [-0.05, 0) is 5.56 Å². The van der Waals surface area contributed by atoms with Crippen molar-refractivity contribution in [2.75, 3.05) is 19.7 Å². The molecule has 0 amide bonds. The van der Waals surface area contributed by atoms with Crippen LogP contribution in [0.15, 0.2) is 36.4 Å². The van der Waals surface area contributed by atoms with Gasteiger partial charge in [0.1, 0.15) is 0 Å². The molecule has 1 aromatic rings. The van der Waals surface area contributed by atoms with Crippen molar-refractivity contribution in [3.63, 3.8) is 0 Å². The van der Waals surface area contributed by atoms with Crippen molar-refractivity contribution in [2.45, 2.75) is 6.10 Å². The molecule has 0 bridgehead atoms. The Kier molecular flexibility index (Phi) is 5.40. The molecular formula is C12H16ClNO. The molecule has 1 fully saturated rings. The number of hydrogen-bond donors (Lipinski definition) is 1. The predicted octanol–water partition coefficient (Wildman–Crippen LogP) is 2.11. The van der Waals surface area contributed by atoms with Crippen LogP contribution in [0, 0.1) is 0 Å². The smallest absolute Gasteiger partial charge is 0.0884 e. The molecule has 1 aliphatic heterocycles. The van der Waals surface area contributed by atoms with Crippen LogP contribution in [0.4, 0.5) is 0 Å². The lowest BCUT2D eigenvalue weighted by Crippen LogP contribution is -2.37. The summed E-state index contributed by atoms with van der Waals surface area (Å²) in [7, 11) is 0. The maximum Gasteiger partial charge on any atom is 0.0884 e. The molecule has 0 aliphatic carbocycles. The van der Waals surface area contributed by atoms with Gasteiger partial charge in [0.2, 0.25) is 0 Å². The summed E-state index contributed by atoms with van der Waals surface area (Å²) in [4.78, 5) is 0. The Morgan fingerprint density at radius 1 is 1.27 bits per heavy atom. The van der Waals surface area contributed by atoms with E-state index in [1.807, 2.05) is 18.2 Å². The summed E-state index contributed by atoms with van der Waals surface area (Å²) in [5.41, 5.74) is 1.22. The number of halogens is 1. The van der Waals surface area contributed by atoms with Crippen molar-refractivity contribution in [2.24, 2.45) is 0 Å². The Balaban J connectivity index is 0.00000112. The van der Waals surface area contributed by atoms with Crippen LogP contribution in [0.3, 0.4) is 0 Å². The van der Waals surface area contributed by atoms with E-state index in [4.69, 9.17) is 4.74 Å². The van der Waals surface area contributed by atoms with Gasteiger partial charge in [0.15, 0.2) is 0 Å². The summed E-state index contributed by atoms with van der Waals surface area (Å²) < 4.78 is 5.55. The van der Waals surface area contributed by atoms with Crippen molar-refractivity contribution in [3.05, 3.63) is 42.0 Å². The highest BCUT2D eigenvalue weighted by Crippen LogP contribution is 2.04. The molecule has 82 valence electrons. The molecule has 15 heavy (non-hydrogen) atoms. The molecule has 1 saturated heterocycles. The molecule has 1 heterocycles. The minimum atomic E-state index is 0. The fourth-order valence-electron chi connectivity index (χ4n) is 1.49. The minimum Gasteiger partial charge on any atom is -0.371 e. The highest BCUT2D eigenvalue weighted by Gasteiger charge is 2.08. The summed E-state index contributed by atoms with van der Waals surface area (Å²) in [5, 5.41) is 3.29. The van der Waals surface area contributed by atoms with Crippen LogP contribution >= 0.6 is 12.4 Å². The topological polar surface area (TPSA) is 21.3 Å². The van der Waals surface area contributed by atoms with Gasteiger partial charge in [0, 0.05) is 13.1 Å². The standard InChI is InChI=1S/C12H15NO.ClH/c1-2-4-11(5-3-1)6-7-12-10-13-8-9-14-12;/h1-7,12-13H,8-10H2;1H/t12-;/m1./s1. The lowest BCUT2D eigenvalue weighted by Gasteiger charge is -2.20. The van der Waals surface area contributed by atoms with E-state index in [0.29, 0.717) is 0 Å². The van der Waals surface area contributed by atoms with Gasteiger partial charge in [0.05, 0.1) is 12.7 Å². The molecule has 0 spiro atoms. The summed E-state index contributed by atoms with van der Waals surface area (Å²) in [6, 6.07) is 10.3. The highest BCUT2D eigenvalue weighted by molar-refractivity contribution is 5.85. The summed E-state index contributed by atoms with van der Waals surface area (Å²) in [6.45, 7) is 2.70.